The molecule has 0 saturated carbocycles. The van der Waals surface area contributed by atoms with Gasteiger partial charge in [0.1, 0.15) is 6.04 Å². The molecule has 1 aliphatic heterocycles. The van der Waals surface area contributed by atoms with Crippen molar-refractivity contribution in [2.24, 2.45) is 11.7 Å². The molecule has 1 heterocycles. The van der Waals surface area contributed by atoms with E-state index in [1.807, 2.05) is 0 Å². The van der Waals surface area contributed by atoms with Crippen molar-refractivity contribution in [1.82, 2.24) is 5.32 Å². The van der Waals surface area contributed by atoms with Crippen LogP contribution in [0.5, 0.6) is 0 Å². The molecule has 2 amide bonds. The van der Waals surface area contributed by atoms with E-state index in [-0.39, 0.29) is 11.8 Å². The van der Waals surface area contributed by atoms with E-state index in [9.17, 15) is 9.59 Å². The molecule has 1 aliphatic rings. The van der Waals surface area contributed by atoms with Crippen molar-refractivity contribution >= 4 is 11.8 Å². The molecule has 0 unspecified atom stereocenters. The van der Waals surface area contributed by atoms with E-state index in [1.54, 1.807) is 0 Å². The van der Waals surface area contributed by atoms with Crippen LogP contribution in [-0.2, 0) is 14.3 Å². The Morgan fingerprint density at radius 2 is 1.95 bits per heavy atom. The van der Waals surface area contributed by atoms with Gasteiger partial charge in [-0.05, 0) is 12.8 Å². The predicted octanol–water partition coefficient (Wildman–Crippen LogP) is 1.74. The highest BCUT2D eigenvalue weighted by atomic mass is 16.5. The molecular weight excluding hydrogens is 256 g/mol. The van der Waals surface area contributed by atoms with Crippen LogP contribution < -0.4 is 11.1 Å². The SMILES string of the molecule is CCCCCCCC[C@H](NC(=O)[C@@H]1CCOC1)C(N)=O. The number of unbranched alkanes of at least 4 members (excludes halogenated alkanes) is 5. The Kier molecular flexibility index (Phi) is 8.26. The Hall–Kier alpha value is -1.10. The van der Waals surface area contributed by atoms with E-state index < -0.39 is 11.9 Å². The van der Waals surface area contributed by atoms with E-state index in [4.69, 9.17) is 10.5 Å². The van der Waals surface area contributed by atoms with E-state index in [0.29, 0.717) is 19.6 Å². The molecule has 20 heavy (non-hydrogen) atoms. The van der Waals surface area contributed by atoms with Crippen LogP contribution in [0.3, 0.4) is 0 Å². The summed E-state index contributed by atoms with van der Waals surface area (Å²) in [6, 6.07) is -0.533. The van der Waals surface area contributed by atoms with Gasteiger partial charge in [-0.3, -0.25) is 9.59 Å². The van der Waals surface area contributed by atoms with Gasteiger partial charge in [-0.1, -0.05) is 45.4 Å². The van der Waals surface area contributed by atoms with Crippen molar-refractivity contribution in [1.29, 1.82) is 0 Å². The van der Waals surface area contributed by atoms with Crippen molar-refractivity contribution in [3.05, 3.63) is 0 Å². The largest absolute Gasteiger partial charge is 0.381 e. The molecular formula is C15H28N2O3. The Labute approximate surface area is 121 Å². The number of rotatable bonds is 10. The molecule has 5 heteroatoms. The minimum Gasteiger partial charge on any atom is -0.381 e. The number of hydrogen-bond donors (Lipinski definition) is 2. The highest BCUT2D eigenvalue weighted by Crippen LogP contribution is 2.13. The summed E-state index contributed by atoms with van der Waals surface area (Å²) >= 11 is 0. The van der Waals surface area contributed by atoms with Crippen molar-refractivity contribution in [3.8, 4) is 0 Å². The number of hydrogen-bond acceptors (Lipinski definition) is 3. The zero-order chi connectivity index (χ0) is 14.8. The third-order valence-corrected chi connectivity index (χ3v) is 3.81. The molecule has 0 aromatic carbocycles. The lowest BCUT2D eigenvalue weighted by Gasteiger charge is -2.17. The summed E-state index contributed by atoms with van der Waals surface area (Å²) < 4.78 is 5.18. The zero-order valence-electron chi connectivity index (χ0n) is 12.5. The second kappa shape index (κ2) is 9.75. The van der Waals surface area contributed by atoms with Crippen LogP contribution >= 0.6 is 0 Å². The Bertz CT molecular complexity index is 301. The quantitative estimate of drug-likeness (QED) is 0.600. The molecule has 1 rings (SSSR count). The van der Waals surface area contributed by atoms with E-state index in [2.05, 4.69) is 12.2 Å². The topological polar surface area (TPSA) is 81.4 Å². The summed E-state index contributed by atoms with van der Waals surface area (Å²) in [6.07, 6.45) is 8.30. The monoisotopic (exact) mass is 284 g/mol. The second-order valence-electron chi connectivity index (χ2n) is 5.58. The molecule has 0 aliphatic carbocycles. The minimum atomic E-state index is -0.533. The molecule has 0 aromatic heterocycles. The zero-order valence-corrected chi connectivity index (χ0v) is 12.5. The van der Waals surface area contributed by atoms with Crippen molar-refractivity contribution in [2.45, 2.75) is 64.3 Å². The van der Waals surface area contributed by atoms with Crippen LogP contribution in [0, 0.1) is 5.92 Å². The summed E-state index contributed by atoms with van der Waals surface area (Å²) in [5.74, 6) is -0.662. The van der Waals surface area contributed by atoms with Crippen molar-refractivity contribution in [2.75, 3.05) is 13.2 Å². The van der Waals surface area contributed by atoms with Crippen LogP contribution in [0.15, 0.2) is 0 Å². The van der Waals surface area contributed by atoms with Crippen LogP contribution in [-0.4, -0.2) is 31.1 Å². The summed E-state index contributed by atoms with van der Waals surface area (Å²) in [5, 5.41) is 2.77. The van der Waals surface area contributed by atoms with Crippen LogP contribution in [0.25, 0.3) is 0 Å². The predicted molar refractivity (Wildman–Crippen MR) is 78.0 cm³/mol. The minimum absolute atomic E-state index is 0.0997. The second-order valence-corrected chi connectivity index (χ2v) is 5.58. The molecule has 3 N–H and O–H groups in total. The summed E-state index contributed by atoms with van der Waals surface area (Å²) in [5.41, 5.74) is 5.36. The number of amides is 2. The van der Waals surface area contributed by atoms with E-state index >= 15 is 0 Å². The summed E-state index contributed by atoms with van der Waals surface area (Å²) in [6.45, 7) is 3.26. The fourth-order valence-electron chi connectivity index (χ4n) is 2.45. The number of primary amides is 1. The van der Waals surface area contributed by atoms with Crippen molar-refractivity contribution in [3.63, 3.8) is 0 Å². The molecule has 1 fully saturated rings. The molecule has 2 atom stereocenters. The maximum Gasteiger partial charge on any atom is 0.239 e. The molecule has 0 spiro atoms. The van der Waals surface area contributed by atoms with Gasteiger partial charge in [-0.2, -0.15) is 0 Å². The molecule has 0 bridgehead atoms. The van der Waals surface area contributed by atoms with Crippen molar-refractivity contribution < 1.29 is 14.3 Å². The highest BCUT2D eigenvalue weighted by molar-refractivity contribution is 5.87. The third-order valence-electron chi connectivity index (χ3n) is 3.81. The first kappa shape index (κ1) is 17.0. The van der Waals surface area contributed by atoms with Gasteiger partial charge in [0.05, 0.1) is 12.5 Å². The van der Waals surface area contributed by atoms with Gasteiger partial charge in [0.25, 0.3) is 0 Å². The highest BCUT2D eigenvalue weighted by Gasteiger charge is 2.26. The fourth-order valence-corrected chi connectivity index (χ4v) is 2.45. The van der Waals surface area contributed by atoms with Gasteiger partial charge in [0.15, 0.2) is 0 Å². The Morgan fingerprint density at radius 1 is 1.25 bits per heavy atom. The van der Waals surface area contributed by atoms with Gasteiger partial charge in [0, 0.05) is 6.61 Å². The van der Waals surface area contributed by atoms with Gasteiger partial charge < -0.3 is 15.8 Å². The van der Waals surface area contributed by atoms with Crippen LogP contribution in [0.1, 0.15) is 58.3 Å². The number of carbonyl (C=O) groups is 2. The van der Waals surface area contributed by atoms with Crippen LogP contribution in [0.2, 0.25) is 0 Å². The molecule has 1 saturated heterocycles. The molecule has 5 nitrogen and oxygen atoms in total. The first-order valence-electron chi connectivity index (χ1n) is 7.82. The molecule has 0 aromatic rings. The summed E-state index contributed by atoms with van der Waals surface area (Å²) in [4.78, 5) is 23.3. The van der Waals surface area contributed by atoms with Gasteiger partial charge in [-0.15, -0.1) is 0 Å². The maximum atomic E-state index is 11.9. The lowest BCUT2D eigenvalue weighted by Crippen LogP contribution is -2.46. The first-order valence-corrected chi connectivity index (χ1v) is 7.82. The number of nitrogens with two attached hydrogens (primary N) is 1. The fraction of sp³-hybridized carbons (Fsp3) is 0.867. The number of carbonyl (C=O) groups excluding carboxylic acids is 2. The first-order chi connectivity index (χ1) is 9.65. The Balaban J connectivity index is 2.22. The molecule has 116 valence electrons. The van der Waals surface area contributed by atoms with E-state index in [0.717, 1.165) is 19.3 Å². The van der Waals surface area contributed by atoms with Gasteiger partial charge >= 0.3 is 0 Å². The average Bonchev–Trinajstić information content (AvgIpc) is 2.95. The maximum absolute atomic E-state index is 11.9. The third kappa shape index (κ3) is 6.37. The Morgan fingerprint density at radius 3 is 2.55 bits per heavy atom. The summed E-state index contributed by atoms with van der Waals surface area (Å²) in [7, 11) is 0. The standard InChI is InChI=1S/C15H28N2O3/c1-2-3-4-5-6-7-8-13(14(16)18)17-15(19)12-9-10-20-11-12/h12-13H,2-11H2,1H3,(H2,16,18)(H,17,19)/t12-,13+/m1/s1. The van der Waals surface area contributed by atoms with E-state index in [1.165, 1.54) is 25.7 Å². The van der Waals surface area contributed by atoms with Crippen LogP contribution in [0.4, 0.5) is 0 Å². The smallest absolute Gasteiger partial charge is 0.239 e. The lowest BCUT2D eigenvalue weighted by atomic mass is 10.0. The number of nitrogens with one attached hydrogen (secondary N) is 1. The lowest BCUT2D eigenvalue weighted by molar-refractivity contribution is -0.130. The average molecular weight is 284 g/mol. The van der Waals surface area contributed by atoms with Gasteiger partial charge in [-0.25, -0.2) is 0 Å². The van der Waals surface area contributed by atoms with Gasteiger partial charge in [0.2, 0.25) is 11.8 Å². The number of ether oxygens (including phenoxy) is 1. The normalized spacial score (nSPS) is 19.8. The molecule has 0 radical (unpaired) electrons.